The van der Waals surface area contributed by atoms with E-state index in [1.165, 1.54) is 12.1 Å². The molecule has 1 aliphatic carbocycles. The number of rotatable bonds is 4. The Balaban J connectivity index is 2.11. The molecule has 0 radical (unpaired) electrons. The molecule has 1 unspecified atom stereocenters. The van der Waals surface area contributed by atoms with E-state index in [1.54, 1.807) is 13.2 Å². The molecule has 1 aromatic rings. The van der Waals surface area contributed by atoms with Crippen LogP contribution in [0.25, 0.3) is 0 Å². The summed E-state index contributed by atoms with van der Waals surface area (Å²) in [6.45, 7) is 2.24. The Labute approximate surface area is 128 Å². The lowest BCUT2D eigenvalue weighted by Gasteiger charge is -2.42. The van der Waals surface area contributed by atoms with E-state index >= 15 is 0 Å². The van der Waals surface area contributed by atoms with Crippen LogP contribution in [0.1, 0.15) is 38.2 Å². The molecule has 0 spiro atoms. The van der Waals surface area contributed by atoms with Crippen molar-refractivity contribution in [2.24, 2.45) is 5.92 Å². The molecule has 1 aromatic carbocycles. The largest absolute Gasteiger partial charge is 0.390 e. The molecule has 0 saturated heterocycles. The van der Waals surface area contributed by atoms with Gasteiger partial charge >= 0.3 is 0 Å². The van der Waals surface area contributed by atoms with E-state index < -0.39 is 11.7 Å². The summed E-state index contributed by atoms with van der Waals surface area (Å²) >= 11 is 3.36. The Morgan fingerprint density at radius 3 is 2.65 bits per heavy atom. The maximum absolute atomic E-state index is 13.1. The third-order valence-electron chi connectivity index (χ3n) is 4.56. The topological polar surface area (TPSA) is 29.5 Å². The molecular formula is C16H22BrFO2. The Bertz CT molecular complexity index is 456. The highest BCUT2D eigenvalue weighted by atomic mass is 79.9. The Morgan fingerprint density at radius 2 is 2.10 bits per heavy atom. The van der Waals surface area contributed by atoms with Crippen LogP contribution < -0.4 is 0 Å². The first-order valence-electron chi connectivity index (χ1n) is 7.14. The molecule has 0 amide bonds. The first-order chi connectivity index (χ1) is 9.47. The van der Waals surface area contributed by atoms with Crippen LogP contribution in [0, 0.1) is 11.7 Å². The van der Waals surface area contributed by atoms with Gasteiger partial charge in [-0.25, -0.2) is 4.39 Å². The van der Waals surface area contributed by atoms with Crippen molar-refractivity contribution in [2.75, 3.05) is 7.11 Å². The fraction of sp³-hybridized carbons (Fsp3) is 0.625. The van der Waals surface area contributed by atoms with E-state index in [2.05, 4.69) is 22.9 Å². The van der Waals surface area contributed by atoms with Gasteiger partial charge in [0.15, 0.2) is 0 Å². The van der Waals surface area contributed by atoms with Gasteiger partial charge in [0.1, 0.15) is 5.82 Å². The third kappa shape index (κ3) is 3.41. The second-order valence-electron chi connectivity index (χ2n) is 5.91. The Morgan fingerprint density at radius 1 is 1.45 bits per heavy atom. The quantitative estimate of drug-likeness (QED) is 0.891. The molecule has 1 N–H and O–H groups in total. The third-order valence-corrected chi connectivity index (χ3v) is 5.30. The van der Waals surface area contributed by atoms with E-state index in [9.17, 15) is 9.50 Å². The highest BCUT2D eigenvalue weighted by Crippen LogP contribution is 2.38. The molecule has 0 aromatic heterocycles. The van der Waals surface area contributed by atoms with Crippen molar-refractivity contribution >= 4 is 15.9 Å². The number of aliphatic hydroxyl groups excluding tert-OH is 1. The number of hydrogen-bond acceptors (Lipinski definition) is 2. The minimum absolute atomic E-state index is 0.275. The van der Waals surface area contributed by atoms with Crippen LogP contribution in [0.5, 0.6) is 0 Å². The monoisotopic (exact) mass is 344 g/mol. The number of ether oxygens (including phenoxy) is 1. The van der Waals surface area contributed by atoms with E-state index in [0.717, 1.165) is 31.2 Å². The minimum atomic E-state index is -0.568. The smallest absolute Gasteiger partial charge is 0.124 e. The molecule has 1 atom stereocenters. The average Bonchev–Trinajstić information content (AvgIpc) is 2.43. The van der Waals surface area contributed by atoms with Crippen LogP contribution in [0.15, 0.2) is 22.7 Å². The van der Waals surface area contributed by atoms with E-state index in [4.69, 9.17) is 4.74 Å². The molecule has 2 rings (SSSR count). The molecule has 0 heterocycles. The molecule has 1 aliphatic rings. The van der Waals surface area contributed by atoms with Crippen LogP contribution in [-0.4, -0.2) is 23.9 Å². The van der Waals surface area contributed by atoms with E-state index in [0.29, 0.717) is 16.8 Å². The molecule has 4 heteroatoms. The van der Waals surface area contributed by atoms with Gasteiger partial charge in [0.05, 0.1) is 11.7 Å². The lowest BCUT2D eigenvalue weighted by Crippen LogP contribution is -2.47. The highest BCUT2D eigenvalue weighted by molar-refractivity contribution is 9.10. The zero-order valence-corrected chi connectivity index (χ0v) is 13.6. The van der Waals surface area contributed by atoms with Crippen LogP contribution in [-0.2, 0) is 11.2 Å². The van der Waals surface area contributed by atoms with Gasteiger partial charge in [-0.1, -0.05) is 28.9 Å². The fourth-order valence-electron chi connectivity index (χ4n) is 3.01. The molecule has 112 valence electrons. The van der Waals surface area contributed by atoms with Crippen LogP contribution in [0.2, 0.25) is 0 Å². The predicted octanol–water partition coefficient (Wildman–Crippen LogP) is 4.09. The van der Waals surface area contributed by atoms with E-state index in [-0.39, 0.29) is 5.82 Å². The molecule has 0 bridgehead atoms. The van der Waals surface area contributed by atoms with Crippen molar-refractivity contribution in [2.45, 2.75) is 50.7 Å². The highest BCUT2D eigenvalue weighted by Gasteiger charge is 2.40. The molecule has 20 heavy (non-hydrogen) atoms. The van der Waals surface area contributed by atoms with E-state index in [1.807, 2.05) is 0 Å². The lowest BCUT2D eigenvalue weighted by atomic mass is 9.75. The van der Waals surface area contributed by atoms with Crippen molar-refractivity contribution in [3.8, 4) is 0 Å². The number of benzene rings is 1. The number of halogens is 2. The fourth-order valence-corrected chi connectivity index (χ4v) is 3.52. The van der Waals surface area contributed by atoms with Crippen molar-refractivity contribution in [1.82, 2.24) is 0 Å². The van der Waals surface area contributed by atoms with Gasteiger partial charge in [-0.3, -0.25) is 0 Å². The van der Waals surface area contributed by atoms with Gasteiger partial charge in [-0.15, -0.1) is 0 Å². The Hall–Kier alpha value is -0.450. The zero-order chi connectivity index (χ0) is 14.8. The van der Waals surface area contributed by atoms with Crippen molar-refractivity contribution < 1.29 is 14.2 Å². The summed E-state index contributed by atoms with van der Waals surface area (Å²) in [5.41, 5.74) is 0.453. The van der Waals surface area contributed by atoms with Gasteiger partial charge in [0, 0.05) is 18.0 Å². The molecule has 1 fully saturated rings. The maximum Gasteiger partial charge on any atom is 0.124 e. The minimum Gasteiger partial charge on any atom is -0.390 e. The average molecular weight is 345 g/mol. The zero-order valence-electron chi connectivity index (χ0n) is 12.0. The molecule has 0 aliphatic heterocycles. The SMILES string of the molecule is COC1(C(O)Cc2ccc(F)cc2Br)CCC(C)CC1. The standard InChI is InChI=1S/C16H22BrFO2/c1-11-5-7-16(20-2,8-6-11)15(19)9-12-3-4-13(18)10-14(12)17/h3-4,10-11,15,19H,5-9H2,1-2H3. The second kappa shape index (κ2) is 6.54. The van der Waals surface area contributed by atoms with Crippen LogP contribution >= 0.6 is 15.9 Å². The van der Waals surface area contributed by atoms with Gasteiger partial charge in [-0.05, 0) is 49.3 Å². The summed E-state index contributed by atoms with van der Waals surface area (Å²) in [6.07, 6.45) is 3.82. The lowest BCUT2D eigenvalue weighted by molar-refractivity contribution is -0.127. The van der Waals surface area contributed by atoms with Crippen LogP contribution in [0.3, 0.4) is 0 Å². The van der Waals surface area contributed by atoms with Gasteiger partial charge in [0.2, 0.25) is 0 Å². The predicted molar refractivity (Wildman–Crippen MR) is 81.2 cm³/mol. The summed E-state index contributed by atoms with van der Waals surface area (Å²) in [5, 5.41) is 10.6. The van der Waals surface area contributed by atoms with Crippen molar-refractivity contribution in [3.63, 3.8) is 0 Å². The normalized spacial score (nSPS) is 28.4. The first-order valence-corrected chi connectivity index (χ1v) is 7.93. The molecular weight excluding hydrogens is 323 g/mol. The van der Waals surface area contributed by atoms with Gasteiger partial charge < -0.3 is 9.84 Å². The second-order valence-corrected chi connectivity index (χ2v) is 6.76. The summed E-state index contributed by atoms with van der Waals surface area (Å²) in [4.78, 5) is 0. The Kier molecular flexibility index (Phi) is 5.21. The van der Waals surface area contributed by atoms with Crippen molar-refractivity contribution in [1.29, 1.82) is 0 Å². The summed E-state index contributed by atoms with van der Waals surface area (Å²) in [7, 11) is 1.68. The van der Waals surface area contributed by atoms with Crippen LogP contribution in [0.4, 0.5) is 4.39 Å². The first kappa shape index (κ1) is 15.9. The maximum atomic E-state index is 13.1. The summed E-state index contributed by atoms with van der Waals surface area (Å²) < 4.78 is 19.5. The number of aliphatic hydroxyl groups is 1. The number of methoxy groups -OCH3 is 1. The summed E-state index contributed by atoms with van der Waals surface area (Å²) in [5.74, 6) is 0.422. The number of hydrogen-bond donors (Lipinski definition) is 1. The van der Waals surface area contributed by atoms with Gasteiger partial charge in [-0.2, -0.15) is 0 Å². The molecule has 2 nitrogen and oxygen atoms in total. The van der Waals surface area contributed by atoms with Gasteiger partial charge in [0.25, 0.3) is 0 Å². The molecule has 1 saturated carbocycles. The summed E-state index contributed by atoms with van der Waals surface area (Å²) in [6, 6.07) is 4.58. The van der Waals surface area contributed by atoms with Crippen molar-refractivity contribution in [3.05, 3.63) is 34.1 Å².